The van der Waals surface area contributed by atoms with Gasteiger partial charge in [-0.05, 0) is 41.2 Å². The van der Waals surface area contributed by atoms with Gasteiger partial charge < -0.3 is 15.0 Å². The molecule has 2 aromatic carbocycles. The molecule has 1 unspecified atom stereocenters. The van der Waals surface area contributed by atoms with Gasteiger partial charge in [-0.15, -0.1) is 0 Å². The molecular weight excluding hydrogens is 364 g/mol. The molecule has 1 heterocycles. The van der Waals surface area contributed by atoms with Crippen LogP contribution < -0.4 is 10.1 Å². The third kappa shape index (κ3) is 5.17. The first-order chi connectivity index (χ1) is 13.8. The topological polar surface area (TPSA) is 58.6 Å². The fraction of sp³-hybridized carbons (Fsp3) is 0.417. The largest absolute Gasteiger partial charge is 0.496 e. The van der Waals surface area contributed by atoms with E-state index in [0.717, 1.165) is 17.0 Å². The van der Waals surface area contributed by atoms with E-state index in [9.17, 15) is 9.59 Å². The summed E-state index contributed by atoms with van der Waals surface area (Å²) < 4.78 is 5.37. The summed E-state index contributed by atoms with van der Waals surface area (Å²) in [6.07, 6.45) is 0.968. The van der Waals surface area contributed by atoms with Crippen LogP contribution in [-0.4, -0.2) is 36.9 Å². The summed E-state index contributed by atoms with van der Waals surface area (Å²) in [4.78, 5) is 26.8. The Labute approximate surface area is 173 Å². The Hall–Kier alpha value is -2.82. The molecule has 2 aromatic rings. The van der Waals surface area contributed by atoms with Crippen LogP contribution in [0.5, 0.6) is 5.75 Å². The fourth-order valence-electron chi connectivity index (χ4n) is 3.63. The number of methoxy groups -OCH3 is 1. The van der Waals surface area contributed by atoms with Crippen LogP contribution in [0.25, 0.3) is 0 Å². The maximum Gasteiger partial charge on any atom is 0.229 e. The Morgan fingerprint density at radius 1 is 1.14 bits per heavy atom. The van der Waals surface area contributed by atoms with E-state index in [2.05, 4.69) is 26.1 Å². The highest BCUT2D eigenvalue weighted by molar-refractivity contribution is 5.97. The molecule has 29 heavy (non-hydrogen) atoms. The number of nitrogens with one attached hydrogen (secondary N) is 1. The van der Waals surface area contributed by atoms with Crippen molar-refractivity contribution in [3.8, 4) is 5.75 Å². The number of ether oxygens (including phenoxy) is 1. The lowest BCUT2D eigenvalue weighted by Gasteiger charge is -2.19. The molecule has 5 heteroatoms. The molecule has 0 bridgehead atoms. The minimum absolute atomic E-state index is 0.0307. The van der Waals surface area contributed by atoms with Gasteiger partial charge >= 0.3 is 0 Å². The highest BCUT2D eigenvalue weighted by atomic mass is 16.5. The van der Waals surface area contributed by atoms with E-state index < -0.39 is 0 Å². The van der Waals surface area contributed by atoms with Crippen molar-refractivity contribution >= 4 is 17.5 Å². The predicted octanol–water partition coefficient (Wildman–Crippen LogP) is 4.02. The minimum Gasteiger partial charge on any atom is -0.496 e. The SMILES string of the molecule is COc1ccccc1CCN1CC(C(=O)Nc2ccc(C(C)(C)C)cc2)CC1=O. The summed E-state index contributed by atoms with van der Waals surface area (Å²) in [6.45, 7) is 7.52. The number of nitrogens with zero attached hydrogens (tertiary/aromatic N) is 1. The quantitative estimate of drug-likeness (QED) is 0.805. The maximum absolute atomic E-state index is 12.7. The first kappa shape index (κ1) is 20.9. The van der Waals surface area contributed by atoms with Gasteiger partial charge in [-0.1, -0.05) is 51.1 Å². The number of hydrogen-bond acceptors (Lipinski definition) is 3. The molecule has 1 aliphatic heterocycles. The van der Waals surface area contributed by atoms with Crippen LogP contribution in [0.1, 0.15) is 38.3 Å². The average Bonchev–Trinajstić information content (AvgIpc) is 3.07. The monoisotopic (exact) mass is 394 g/mol. The summed E-state index contributed by atoms with van der Waals surface area (Å²) in [6, 6.07) is 15.7. The van der Waals surface area contributed by atoms with Crippen molar-refractivity contribution in [2.75, 3.05) is 25.5 Å². The van der Waals surface area contributed by atoms with Gasteiger partial charge in [0.1, 0.15) is 5.75 Å². The van der Waals surface area contributed by atoms with Crippen molar-refractivity contribution in [1.82, 2.24) is 4.90 Å². The Morgan fingerprint density at radius 2 is 1.83 bits per heavy atom. The van der Waals surface area contributed by atoms with Crippen LogP contribution in [0.2, 0.25) is 0 Å². The third-order valence-corrected chi connectivity index (χ3v) is 5.45. The van der Waals surface area contributed by atoms with Gasteiger partial charge in [0.25, 0.3) is 0 Å². The van der Waals surface area contributed by atoms with E-state index in [-0.39, 0.29) is 29.6 Å². The number of anilines is 1. The molecular formula is C24H30N2O3. The number of carbonyl (C=O) groups excluding carboxylic acids is 2. The lowest BCUT2D eigenvalue weighted by Crippen LogP contribution is -2.30. The molecule has 0 spiro atoms. The van der Waals surface area contributed by atoms with Gasteiger partial charge in [0.05, 0.1) is 13.0 Å². The lowest BCUT2D eigenvalue weighted by atomic mass is 9.87. The average molecular weight is 395 g/mol. The van der Waals surface area contributed by atoms with E-state index in [0.29, 0.717) is 19.5 Å². The highest BCUT2D eigenvalue weighted by Crippen LogP contribution is 2.25. The van der Waals surface area contributed by atoms with E-state index in [4.69, 9.17) is 4.74 Å². The van der Waals surface area contributed by atoms with Crippen molar-refractivity contribution in [3.63, 3.8) is 0 Å². The molecule has 0 aliphatic carbocycles. The van der Waals surface area contributed by atoms with Gasteiger partial charge in [-0.2, -0.15) is 0 Å². The summed E-state index contributed by atoms with van der Waals surface area (Å²) in [5, 5.41) is 2.96. The third-order valence-electron chi connectivity index (χ3n) is 5.45. The summed E-state index contributed by atoms with van der Waals surface area (Å²) >= 11 is 0. The number of likely N-dealkylation sites (tertiary alicyclic amines) is 1. The molecule has 5 nitrogen and oxygen atoms in total. The summed E-state index contributed by atoms with van der Waals surface area (Å²) in [5.41, 5.74) is 3.12. The van der Waals surface area contributed by atoms with Gasteiger partial charge in [-0.25, -0.2) is 0 Å². The number of rotatable bonds is 6. The van der Waals surface area contributed by atoms with Gasteiger partial charge in [-0.3, -0.25) is 9.59 Å². The first-order valence-corrected chi connectivity index (χ1v) is 10.1. The number of benzene rings is 2. The van der Waals surface area contributed by atoms with Crippen LogP contribution in [0.3, 0.4) is 0 Å². The van der Waals surface area contributed by atoms with Crippen LogP contribution in [0.15, 0.2) is 48.5 Å². The zero-order valence-corrected chi connectivity index (χ0v) is 17.7. The number of hydrogen-bond donors (Lipinski definition) is 1. The Morgan fingerprint density at radius 3 is 2.48 bits per heavy atom. The second kappa shape index (κ2) is 8.68. The Kier molecular flexibility index (Phi) is 6.26. The first-order valence-electron chi connectivity index (χ1n) is 10.1. The minimum atomic E-state index is -0.317. The molecule has 3 rings (SSSR count). The van der Waals surface area contributed by atoms with Crippen molar-refractivity contribution in [3.05, 3.63) is 59.7 Å². The van der Waals surface area contributed by atoms with Crippen molar-refractivity contribution < 1.29 is 14.3 Å². The van der Waals surface area contributed by atoms with Gasteiger partial charge in [0, 0.05) is 25.2 Å². The second-order valence-corrected chi connectivity index (χ2v) is 8.62. The van der Waals surface area contributed by atoms with Crippen LogP contribution in [-0.2, 0) is 21.4 Å². The van der Waals surface area contributed by atoms with Crippen LogP contribution in [0.4, 0.5) is 5.69 Å². The summed E-state index contributed by atoms with van der Waals surface area (Å²) in [7, 11) is 1.65. The molecule has 0 radical (unpaired) electrons. The number of para-hydroxylation sites is 1. The number of amides is 2. The fourth-order valence-corrected chi connectivity index (χ4v) is 3.63. The zero-order chi connectivity index (χ0) is 21.0. The molecule has 1 aliphatic rings. The standard InChI is InChI=1S/C24H30N2O3/c1-24(2,3)19-9-11-20(12-10-19)25-23(28)18-15-22(27)26(16-18)14-13-17-7-5-6-8-21(17)29-4/h5-12,18H,13-16H2,1-4H3,(H,25,28). The molecule has 1 saturated heterocycles. The van der Waals surface area contributed by atoms with E-state index in [1.165, 1.54) is 5.56 Å². The molecule has 1 fully saturated rings. The maximum atomic E-state index is 12.7. The lowest BCUT2D eigenvalue weighted by molar-refractivity contribution is -0.128. The van der Waals surface area contributed by atoms with Gasteiger partial charge in [0.15, 0.2) is 0 Å². The second-order valence-electron chi connectivity index (χ2n) is 8.62. The smallest absolute Gasteiger partial charge is 0.229 e. The molecule has 0 aromatic heterocycles. The van der Waals surface area contributed by atoms with E-state index in [1.54, 1.807) is 12.0 Å². The van der Waals surface area contributed by atoms with Crippen molar-refractivity contribution in [2.24, 2.45) is 5.92 Å². The van der Waals surface area contributed by atoms with E-state index >= 15 is 0 Å². The molecule has 1 N–H and O–H groups in total. The Balaban J connectivity index is 1.56. The van der Waals surface area contributed by atoms with Crippen molar-refractivity contribution in [2.45, 2.75) is 39.0 Å². The molecule has 1 atom stereocenters. The highest BCUT2D eigenvalue weighted by Gasteiger charge is 2.34. The molecule has 154 valence electrons. The molecule has 0 saturated carbocycles. The number of carbonyl (C=O) groups is 2. The normalized spacial score (nSPS) is 16.8. The summed E-state index contributed by atoms with van der Waals surface area (Å²) in [5.74, 6) is 0.444. The van der Waals surface area contributed by atoms with Crippen molar-refractivity contribution in [1.29, 1.82) is 0 Å². The molecule has 2 amide bonds. The van der Waals surface area contributed by atoms with Crippen LogP contribution in [0, 0.1) is 5.92 Å². The van der Waals surface area contributed by atoms with Crippen LogP contribution >= 0.6 is 0 Å². The predicted molar refractivity (Wildman–Crippen MR) is 115 cm³/mol. The van der Waals surface area contributed by atoms with Gasteiger partial charge in [0.2, 0.25) is 11.8 Å². The Bertz CT molecular complexity index is 868. The van der Waals surface area contributed by atoms with E-state index in [1.807, 2.05) is 48.5 Å². The zero-order valence-electron chi connectivity index (χ0n) is 17.7.